The maximum absolute atomic E-state index is 11.9. The van der Waals surface area contributed by atoms with Gasteiger partial charge in [0.1, 0.15) is 0 Å². The number of halogens is 6. The summed E-state index contributed by atoms with van der Waals surface area (Å²) in [6.07, 6.45) is -16.1. The highest BCUT2D eigenvalue weighted by atomic mass is 19.4. The van der Waals surface area contributed by atoms with E-state index >= 15 is 0 Å². The topological polar surface area (TPSA) is 26.3 Å². The van der Waals surface area contributed by atoms with Gasteiger partial charge in [-0.25, -0.2) is 0 Å². The molecular formula is C8H8F6O2. The van der Waals surface area contributed by atoms with Gasteiger partial charge in [-0.2, -0.15) is 26.3 Å². The molecule has 0 N–H and O–H groups in total. The molecule has 2 nitrogen and oxygen atoms in total. The molecule has 0 saturated carbocycles. The van der Waals surface area contributed by atoms with E-state index in [0.717, 1.165) is 0 Å². The van der Waals surface area contributed by atoms with Crippen LogP contribution in [-0.4, -0.2) is 24.4 Å². The van der Waals surface area contributed by atoms with Crippen molar-refractivity contribution in [2.45, 2.75) is 31.8 Å². The fourth-order valence-corrected chi connectivity index (χ4v) is 0.739. The molecule has 0 rings (SSSR count). The van der Waals surface area contributed by atoms with E-state index in [1.165, 1.54) is 6.92 Å². The highest BCUT2D eigenvalue weighted by molar-refractivity contribution is 5.72. The third-order valence-corrected chi connectivity index (χ3v) is 1.29. The summed E-state index contributed by atoms with van der Waals surface area (Å²) in [6, 6.07) is 0. The average molecular weight is 250 g/mol. The lowest BCUT2D eigenvalue weighted by molar-refractivity contribution is -0.313. The van der Waals surface area contributed by atoms with E-state index in [9.17, 15) is 31.1 Å². The molecule has 0 spiro atoms. The predicted molar refractivity (Wildman–Crippen MR) is 41.4 cm³/mol. The van der Waals surface area contributed by atoms with Crippen LogP contribution in [0.1, 0.15) is 13.3 Å². The van der Waals surface area contributed by atoms with Gasteiger partial charge in [0, 0.05) is 0 Å². The summed E-state index contributed by atoms with van der Waals surface area (Å²) in [5, 5.41) is 0. The van der Waals surface area contributed by atoms with Gasteiger partial charge < -0.3 is 4.74 Å². The van der Waals surface area contributed by atoms with Crippen molar-refractivity contribution >= 4 is 5.97 Å². The van der Waals surface area contributed by atoms with E-state index in [-0.39, 0.29) is 5.57 Å². The van der Waals surface area contributed by atoms with Crippen LogP contribution in [-0.2, 0) is 9.53 Å². The van der Waals surface area contributed by atoms with Gasteiger partial charge in [0.2, 0.25) is 0 Å². The van der Waals surface area contributed by atoms with Crippen molar-refractivity contribution < 1.29 is 35.9 Å². The molecule has 8 heteroatoms. The van der Waals surface area contributed by atoms with Crippen LogP contribution < -0.4 is 0 Å². The fraction of sp³-hybridized carbons (Fsp3) is 0.625. The van der Waals surface area contributed by atoms with Crippen molar-refractivity contribution in [1.82, 2.24) is 0 Å². The summed E-state index contributed by atoms with van der Waals surface area (Å²) in [5.74, 6) is -1.62. The first-order chi connectivity index (χ1) is 6.94. The molecule has 0 bridgehead atoms. The largest absolute Gasteiger partial charge is 0.442 e. The van der Waals surface area contributed by atoms with Crippen LogP contribution in [0.5, 0.6) is 0 Å². The quantitative estimate of drug-likeness (QED) is 0.437. The lowest BCUT2D eigenvalue weighted by Gasteiger charge is -2.22. The van der Waals surface area contributed by atoms with Crippen molar-refractivity contribution in [3.8, 4) is 0 Å². The Kier molecular flexibility index (Phi) is 4.39. The zero-order valence-corrected chi connectivity index (χ0v) is 8.08. The van der Waals surface area contributed by atoms with Gasteiger partial charge in [-0.3, -0.25) is 4.79 Å². The molecule has 0 unspecified atom stereocenters. The monoisotopic (exact) mass is 250 g/mol. The van der Waals surface area contributed by atoms with Crippen LogP contribution in [0.2, 0.25) is 0 Å². The molecule has 0 aliphatic heterocycles. The Morgan fingerprint density at radius 3 is 1.81 bits per heavy atom. The number of hydrogen-bond acceptors (Lipinski definition) is 2. The Labute approximate surface area is 86.9 Å². The summed E-state index contributed by atoms with van der Waals surface area (Å²) >= 11 is 0. The summed E-state index contributed by atoms with van der Waals surface area (Å²) in [7, 11) is 0. The van der Waals surface area contributed by atoms with Crippen LogP contribution >= 0.6 is 0 Å². The van der Waals surface area contributed by atoms with E-state index in [0.29, 0.717) is 0 Å². The third kappa shape index (κ3) is 5.04. The van der Waals surface area contributed by atoms with E-state index in [1.807, 2.05) is 0 Å². The average Bonchev–Trinajstić information content (AvgIpc) is 1.94. The molecule has 0 atom stereocenters. The molecular weight excluding hydrogens is 242 g/mol. The molecule has 16 heavy (non-hydrogen) atoms. The van der Waals surface area contributed by atoms with Crippen LogP contribution in [0.25, 0.3) is 0 Å². The fourth-order valence-electron chi connectivity index (χ4n) is 0.739. The number of carbonyl (C=O) groups excluding carboxylic acids is 1. The van der Waals surface area contributed by atoms with Crippen molar-refractivity contribution in [2.24, 2.45) is 0 Å². The minimum absolute atomic E-state index is 0.105. The zero-order valence-electron chi connectivity index (χ0n) is 8.08. The van der Waals surface area contributed by atoms with Crippen LogP contribution in [0.4, 0.5) is 26.3 Å². The van der Waals surface area contributed by atoms with Gasteiger partial charge in [0.25, 0.3) is 6.10 Å². The maximum atomic E-state index is 11.9. The van der Waals surface area contributed by atoms with E-state index in [2.05, 4.69) is 11.3 Å². The van der Waals surface area contributed by atoms with Gasteiger partial charge in [-0.05, 0) is 6.92 Å². The summed E-state index contributed by atoms with van der Waals surface area (Å²) < 4.78 is 74.7. The molecule has 0 aliphatic carbocycles. The standard InChI is InChI=1S/C8H8F6O2/c1-4(2)3-5(15)16-6(7(9,10)11)8(12,13)14/h6H,1,3H2,2H3. The van der Waals surface area contributed by atoms with Crippen molar-refractivity contribution in [2.75, 3.05) is 0 Å². The van der Waals surface area contributed by atoms with E-state index in [1.54, 1.807) is 0 Å². The van der Waals surface area contributed by atoms with Gasteiger partial charge >= 0.3 is 18.3 Å². The first-order valence-electron chi connectivity index (χ1n) is 3.92. The molecule has 0 heterocycles. The number of hydrogen-bond donors (Lipinski definition) is 0. The van der Waals surface area contributed by atoms with Gasteiger partial charge in [-0.15, -0.1) is 0 Å². The number of rotatable bonds is 3. The van der Waals surface area contributed by atoms with Crippen molar-refractivity contribution in [3.63, 3.8) is 0 Å². The first kappa shape index (κ1) is 14.8. The summed E-state index contributed by atoms with van der Waals surface area (Å²) in [5.41, 5.74) is 0.105. The Balaban J connectivity index is 4.71. The molecule has 0 aromatic heterocycles. The number of ether oxygens (including phenoxy) is 1. The molecule has 0 amide bonds. The highest BCUT2D eigenvalue weighted by Gasteiger charge is 2.59. The van der Waals surface area contributed by atoms with Gasteiger partial charge in [0.15, 0.2) is 0 Å². The molecule has 0 aromatic carbocycles. The second kappa shape index (κ2) is 4.75. The Morgan fingerprint density at radius 1 is 1.19 bits per heavy atom. The molecule has 0 aromatic rings. The minimum atomic E-state index is -5.68. The first-order valence-corrected chi connectivity index (χ1v) is 3.92. The smallest absolute Gasteiger partial charge is 0.434 e. The molecule has 0 fully saturated rings. The Hall–Kier alpha value is -1.21. The molecule has 0 radical (unpaired) electrons. The summed E-state index contributed by atoms with van der Waals surface area (Å²) in [4.78, 5) is 10.7. The molecule has 94 valence electrons. The number of esters is 1. The van der Waals surface area contributed by atoms with Crippen LogP contribution in [0.15, 0.2) is 12.2 Å². The maximum Gasteiger partial charge on any atom is 0.434 e. The SMILES string of the molecule is C=C(C)CC(=O)OC(C(F)(F)F)C(F)(F)F. The normalized spacial score (nSPS) is 12.8. The van der Waals surface area contributed by atoms with Crippen LogP contribution in [0.3, 0.4) is 0 Å². The number of carbonyl (C=O) groups is 1. The second-order valence-corrected chi connectivity index (χ2v) is 3.09. The van der Waals surface area contributed by atoms with E-state index < -0.39 is 30.8 Å². The Bertz CT molecular complexity index is 263. The summed E-state index contributed by atoms with van der Waals surface area (Å²) in [6.45, 7) is 4.44. The lowest BCUT2D eigenvalue weighted by Crippen LogP contribution is -2.45. The van der Waals surface area contributed by atoms with Crippen LogP contribution in [0, 0.1) is 0 Å². The lowest BCUT2D eigenvalue weighted by atomic mass is 10.2. The van der Waals surface area contributed by atoms with Crippen molar-refractivity contribution in [1.29, 1.82) is 0 Å². The third-order valence-electron chi connectivity index (χ3n) is 1.29. The van der Waals surface area contributed by atoms with Gasteiger partial charge in [-0.1, -0.05) is 12.2 Å². The van der Waals surface area contributed by atoms with Gasteiger partial charge in [0.05, 0.1) is 6.42 Å². The van der Waals surface area contributed by atoms with E-state index in [4.69, 9.17) is 0 Å². The number of alkyl halides is 6. The molecule has 0 aliphatic rings. The predicted octanol–water partition coefficient (Wildman–Crippen LogP) is 2.99. The molecule has 0 saturated heterocycles. The Morgan fingerprint density at radius 2 is 1.56 bits per heavy atom. The second-order valence-electron chi connectivity index (χ2n) is 3.09. The zero-order chi connectivity index (χ0) is 13.1. The van der Waals surface area contributed by atoms with Crippen molar-refractivity contribution in [3.05, 3.63) is 12.2 Å². The highest BCUT2D eigenvalue weighted by Crippen LogP contribution is 2.35. The minimum Gasteiger partial charge on any atom is -0.442 e.